The summed E-state index contributed by atoms with van der Waals surface area (Å²) in [5.74, 6) is -0.270. The highest BCUT2D eigenvalue weighted by atomic mass is 16.3. The molecule has 2 N–H and O–H groups in total. The number of carbonyl (C=O) groups excluding carboxylic acids is 1. The zero-order valence-corrected chi connectivity index (χ0v) is 9.55. The van der Waals surface area contributed by atoms with E-state index in [0.717, 1.165) is 5.56 Å². The number of nitrogens with zero attached hydrogens (tertiary/aromatic N) is 1. The van der Waals surface area contributed by atoms with Gasteiger partial charge in [-0.05, 0) is 30.7 Å². The molecule has 1 atom stereocenters. The molecule has 1 aromatic carbocycles. The van der Waals surface area contributed by atoms with E-state index >= 15 is 0 Å². The zero-order chi connectivity index (χ0) is 12.7. The van der Waals surface area contributed by atoms with E-state index in [4.69, 9.17) is 10.4 Å². The molecule has 0 unspecified atom stereocenters. The fourth-order valence-corrected chi connectivity index (χ4v) is 1.19. The van der Waals surface area contributed by atoms with Crippen molar-refractivity contribution >= 4 is 12.0 Å². The zero-order valence-electron chi connectivity index (χ0n) is 9.55. The Balaban J connectivity index is 2.58. The molecule has 0 heterocycles. The number of aliphatic hydroxyl groups excluding tert-OH is 1. The van der Waals surface area contributed by atoms with Crippen molar-refractivity contribution < 1.29 is 9.90 Å². The van der Waals surface area contributed by atoms with Gasteiger partial charge in [0.25, 0.3) is 0 Å². The van der Waals surface area contributed by atoms with E-state index in [9.17, 15) is 4.79 Å². The summed E-state index contributed by atoms with van der Waals surface area (Å²) in [5, 5.41) is 20.2. The Morgan fingerprint density at radius 2 is 2.41 bits per heavy atom. The minimum absolute atomic E-state index is 0.224. The maximum absolute atomic E-state index is 11.3. The number of hydrogen-bond donors (Lipinski definition) is 2. The van der Waals surface area contributed by atoms with Gasteiger partial charge in [-0.2, -0.15) is 5.26 Å². The van der Waals surface area contributed by atoms with Crippen LogP contribution in [0.1, 0.15) is 18.1 Å². The van der Waals surface area contributed by atoms with E-state index in [1.165, 1.54) is 6.08 Å². The van der Waals surface area contributed by atoms with Gasteiger partial charge < -0.3 is 10.4 Å². The number of benzene rings is 1. The predicted molar refractivity (Wildman–Crippen MR) is 64.9 cm³/mol. The van der Waals surface area contributed by atoms with Gasteiger partial charge in [0.1, 0.15) is 0 Å². The smallest absolute Gasteiger partial charge is 0.244 e. The minimum Gasteiger partial charge on any atom is -0.392 e. The summed E-state index contributed by atoms with van der Waals surface area (Å²) in [4.78, 5) is 11.3. The number of amides is 1. The highest BCUT2D eigenvalue weighted by Gasteiger charge is 1.98. The largest absolute Gasteiger partial charge is 0.392 e. The standard InChI is InChI=1S/C13H14N2O2/c1-10(16)9-15-13(17)6-5-11-3-2-4-12(7-11)8-14/h2-7,10,16H,9H2,1H3,(H,15,17)/b6-5+/t10-/m1/s1. The van der Waals surface area contributed by atoms with E-state index in [1.807, 2.05) is 6.07 Å². The van der Waals surface area contributed by atoms with Gasteiger partial charge in [0.2, 0.25) is 5.91 Å². The molecule has 1 amide bonds. The molecule has 0 bridgehead atoms. The fourth-order valence-electron chi connectivity index (χ4n) is 1.19. The van der Waals surface area contributed by atoms with Gasteiger partial charge in [-0.3, -0.25) is 4.79 Å². The number of nitriles is 1. The van der Waals surface area contributed by atoms with Crippen molar-refractivity contribution in [1.82, 2.24) is 5.32 Å². The lowest BCUT2D eigenvalue weighted by Crippen LogP contribution is -2.28. The van der Waals surface area contributed by atoms with Gasteiger partial charge >= 0.3 is 0 Å². The van der Waals surface area contributed by atoms with Gasteiger partial charge in [0.05, 0.1) is 17.7 Å². The topological polar surface area (TPSA) is 73.1 Å². The molecule has 4 heteroatoms. The molecule has 4 nitrogen and oxygen atoms in total. The van der Waals surface area contributed by atoms with Crippen LogP contribution >= 0.6 is 0 Å². The molecule has 0 aliphatic carbocycles. The lowest BCUT2D eigenvalue weighted by atomic mass is 10.1. The Morgan fingerprint density at radius 1 is 1.65 bits per heavy atom. The lowest BCUT2D eigenvalue weighted by molar-refractivity contribution is -0.116. The summed E-state index contributed by atoms with van der Waals surface area (Å²) >= 11 is 0. The molecular formula is C13H14N2O2. The normalized spacial score (nSPS) is 12.1. The molecule has 1 aromatic rings. The summed E-state index contributed by atoms with van der Waals surface area (Å²) < 4.78 is 0. The van der Waals surface area contributed by atoms with Crippen molar-refractivity contribution in [3.63, 3.8) is 0 Å². The van der Waals surface area contributed by atoms with E-state index in [1.54, 1.807) is 37.3 Å². The van der Waals surface area contributed by atoms with Crippen molar-refractivity contribution in [2.24, 2.45) is 0 Å². The number of hydrogen-bond acceptors (Lipinski definition) is 3. The second-order valence-electron chi connectivity index (χ2n) is 3.66. The van der Waals surface area contributed by atoms with Gasteiger partial charge in [-0.25, -0.2) is 0 Å². The summed E-state index contributed by atoms with van der Waals surface area (Å²) in [7, 11) is 0. The molecule has 0 aliphatic heterocycles. The first-order valence-electron chi connectivity index (χ1n) is 5.26. The highest BCUT2D eigenvalue weighted by Crippen LogP contribution is 2.05. The van der Waals surface area contributed by atoms with Gasteiger partial charge in [-0.1, -0.05) is 12.1 Å². The summed E-state index contributed by atoms with van der Waals surface area (Å²) in [6, 6.07) is 8.98. The van der Waals surface area contributed by atoms with E-state index < -0.39 is 6.10 Å². The van der Waals surface area contributed by atoms with E-state index in [0.29, 0.717) is 5.56 Å². The Morgan fingerprint density at radius 3 is 3.06 bits per heavy atom. The van der Waals surface area contributed by atoms with Gasteiger partial charge in [0, 0.05) is 12.6 Å². The van der Waals surface area contributed by atoms with E-state index in [-0.39, 0.29) is 12.5 Å². The molecule has 0 aliphatic rings. The predicted octanol–water partition coefficient (Wildman–Crippen LogP) is 1.07. The Hall–Kier alpha value is -2.12. The van der Waals surface area contributed by atoms with Gasteiger partial charge in [-0.15, -0.1) is 0 Å². The number of aliphatic hydroxyl groups is 1. The van der Waals surface area contributed by atoms with Crippen LogP contribution in [0.15, 0.2) is 30.3 Å². The number of nitrogens with one attached hydrogen (secondary N) is 1. The first-order chi connectivity index (χ1) is 8.11. The molecule has 0 spiro atoms. The number of rotatable bonds is 4. The molecule has 88 valence electrons. The average Bonchev–Trinajstić information content (AvgIpc) is 2.34. The molecule has 0 saturated heterocycles. The van der Waals surface area contributed by atoms with Crippen LogP contribution in [-0.4, -0.2) is 23.7 Å². The molecule has 0 radical (unpaired) electrons. The summed E-state index contributed by atoms with van der Waals surface area (Å²) in [6.07, 6.45) is 2.44. The average molecular weight is 230 g/mol. The van der Waals surface area contributed by atoms with Crippen molar-refractivity contribution in [3.8, 4) is 6.07 Å². The van der Waals surface area contributed by atoms with Crippen LogP contribution in [-0.2, 0) is 4.79 Å². The maximum Gasteiger partial charge on any atom is 0.244 e. The van der Waals surface area contributed by atoms with Crippen LogP contribution in [0.25, 0.3) is 6.08 Å². The second kappa shape index (κ2) is 6.46. The molecule has 0 saturated carbocycles. The SMILES string of the molecule is C[C@@H](O)CNC(=O)/C=C/c1cccc(C#N)c1. The van der Waals surface area contributed by atoms with Crippen molar-refractivity contribution in [2.45, 2.75) is 13.0 Å². The monoisotopic (exact) mass is 230 g/mol. The highest BCUT2D eigenvalue weighted by molar-refractivity contribution is 5.91. The van der Waals surface area contributed by atoms with Crippen molar-refractivity contribution in [1.29, 1.82) is 5.26 Å². The molecule has 17 heavy (non-hydrogen) atoms. The first kappa shape index (κ1) is 12.9. The third-order valence-corrected chi connectivity index (χ3v) is 2.01. The van der Waals surface area contributed by atoms with Crippen molar-refractivity contribution in [3.05, 3.63) is 41.5 Å². The summed E-state index contributed by atoms with van der Waals surface area (Å²) in [6.45, 7) is 1.82. The lowest BCUT2D eigenvalue weighted by Gasteiger charge is -2.03. The maximum atomic E-state index is 11.3. The molecular weight excluding hydrogens is 216 g/mol. The van der Waals surface area contributed by atoms with Crippen LogP contribution in [0.4, 0.5) is 0 Å². The van der Waals surface area contributed by atoms with Crippen LogP contribution in [0, 0.1) is 11.3 Å². The fraction of sp³-hybridized carbons (Fsp3) is 0.231. The van der Waals surface area contributed by atoms with Crippen LogP contribution in [0.3, 0.4) is 0 Å². The Labute approximate surface area is 100 Å². The molecule has 1 rings (SSSR count). The number of carbonyl (C=O) groups is 1. The third-order valence-electron chi connectivity index (χ3n) is 2.01. The van der Waals surface area contributed by atoms with Crippen LogP contribution < -0.4 is 5.32 Å². The summed E-state index contributed by atoms with van der Waals surface area (Å²) in [5.41, 5.74) is 1.34. The van der Waals surface area contributed by atoms with E-state index in [2.05, 4.69) is 5.32 Å². The second-order valence-corrected chi connectivity index (χ2v) is 3.66. The van der Waals surface area contributed by atoms with Crippen molar-refractivity contribution in [2.75, 3.05) is 6.54 Å². The Bertz CT molecular complexity index is 459. The molecule has 0 fully saturated rings. The third kappa shape index (κ3) is 4.96. The van der Waals surface area contributed by atoms with Gasteiger partial charge in [0.15, 0.2) is 0 Å². The quantitative estimate of drug-likeness (QED) is 0.760. The Kier molecular flexibility index (Phi) is 4.92. The minimum atomic E-state index is -0.561. The van der Waals surface area contributed by atoms with Crippen LogP contribution in [0.5, 0.6) is 0 Å². The molecule has 0 aromatic heterocycles. The van der Waals surface area contributed by atoms with Crippen LogP contribution in [0.2, 0.25) is 0 Å². The first-order valence-corrected chi connectivity index (χ1v) is 5.26.